The highest BCUT2D eigenvalue weighted by molar-refractivity contribution is 5.76. The Kier molecular flexibility index (Phi) is 6.10. The molecule has 2 atom stereocenters. The first-order valence-electron chi connectivity index (χ1n) is 8.84. The van der Waals surface area contributed by atoms with Gasteiger partial charge in [0.25, 0.3) is 5.69 Å². The van der Waals surface area contributed by atoms with E-state index in [0.717, 1.165) is 19.3 Å². The van der Waals surface area contributed by atoms with Crippen molar-refractivity contribution < 1.29 is 19.2 Å². The number of rotatable bonds is 6. The molecule has 0 radical (unpaired) electrons. The van der Waals surface area contributed by atoms with E-state index in [0.29, 0.717) is 22.9 Å². The van der Waals surface area contributed by atoms with Crippen LogP contribution < -0.4 is 10.1 Å². The van der Waals surface area contributed by atoms with Crippen molar-refractivity contribution in [1.29, 1.82) is 0 Å². The van der Waals surface area contributed by atoms with Crippen LogP contribution in [0.15, 0.2) is 12.1 Å². The molecule has 1 aliphatic rings. The third-order valence-electron chi connectivity index (χ3n) is 4.90. The summed E-state index contributed by atoms with van der Waals surface area (Å²) in [5.74, 6) is 0.517. The average molecular weight is 364 g/mol. The third-order valence-corrected chi connectivity index (χ3v) is 4.90. The lowest BCUT2D eigenvalue weighted by atomic mass is 9.70. The number of anilines is 1. The number of hydrogen-bond donors (Lipinski definition) is 1. The summed E-state index contributed by atoms with van der Waals surface area (Å²) in [6, 6.07) is 3.17. The van der Waals surface area contributed by atoms with Crippen LogP contribution in [0.5, 0.6) is 5.75 Å². The summed E-state index contributed by atoms with van der Waals surface area (Å²) in [7, 11) is 2.77. The zero-order valence-corrected chi connectivity index (χ0v) is 16.1. The van der Waals surface area contributed by atoms with E-state index in [4.69, 9.17) is 4.74 Å². The van der Waals surface area contributed by atoms with E-state index < -0.39 is 10.9 Å². The standard InChI is InChI=1S/C19H28N2O5/c1-12-6-14(11-19(2,3)10-12)20-15-9-17(25-4)13(8-18(22)26-5)7-16(15)21(23)24/h7,9,12,14,20H,6,8,10-11H2,1-5H3/t12-,14+/m1/s1. The second kappa shape index (κ2) is 7.93. The molecule has 26 heavy (non-hydrogen) atoms. The monoisotopic (exact) mass is 364 g/mol. The fourth-order valence-corrected chi connectivity index (χ4v) is 4.11. The number of benzene rings is 1. The fourth-order valence-electron chi connectivity index (χ4n) is 4.11. The smallest absolute Gasteiger partial charge is 0.310 e. The van der Waals surface area contributed by atoms with Crippen molar-refractivity contribution in [2.45, 2.75) is 52.5 Å². The highest BCUT2D eigenvalue weighted by atomic mass is 16.6. The predicted octanol–water partition coefficient (Wildman–Crippen LogP) is 3.95. The molecule has 0 amide bonds. The molecule has 1 aromatic carbocycles. The first kappa shape index (κ1) is 20.0. The lowest BCUT2D eigenvalue weighted by Gasteiger charge is -2.39. The molecule has 0 spiro atoms. The molecule has 0 bridgehead atoms. The second-order valence-electron chi connectivity index (χ2n) is 7.95. The van der Waals surface area contributed by atoms with Gasteiger partial charge in [-0.15, -0.1) is 0 Å². The largest absolute Gasteiger partial charge is 0.496 e. The van der Waals surface area contributed by atoms with Gasteiger partial charge in [-0.25, -0.2) is 0 Å². The van der Waals surface area contributed by atoms with E-state index >= 15 is 0 Å². The van der Waals surface area contributed by atoms with Gasteiger partial charge in [0.05, 0.1) is 25.6 Å². The number of nitro benzene ring substituents is 1. The zero-order chi connectivity index (χ0) is 19.5. The van der Waals surface area contributed by atoms with Crippen LogP contribution in [0.3, 0.4) is 0 Å². The summed E-state index contributed by atoms with van der Waals surface area (Å²) >= 11 is 0. The SMILES string of the molecule is COC(=O)Cc1cc([N+](=O)[O-])c(N[C@H]2C[C@@H](C)CC(C)(C)C2)cc1OC. The van der Waals surface area contributed by atoms with E-state index in [1.807, 2.05) is 0 Å². The Morgan fingerprint density at radius 2 is 2.04 bits per heavy atom. The molecule has 1 N–H and O–H groups in total. The van der Waals surface area contributed by atoms with Crippen LogP contribution in [0.2, 0.25) is 0 Å². The molecular formula is C19H28N2O5. The van der Waals surface area contributed by atoms with Gasteiger partial charge >= 0.3 is 5.97 Å². The normalized spacial score (nSPS) is 21.7. The molecule has 0 heterocycles. The van der Waals surface area contributed by atoms with Crippen molar-refractivity contribution >= 4 is 17.3 Å². The summed E-state index contributed by atoms with van der Waals surface area (Å²) in [6.45, 7) is 6.67. The Hall–Kier alpha value is -2.31. The van der Waals surface area contributed by atoms with Gasteiger partial charge in [0.2, 0.25) is 0 Å². The maximum atomic E-state index is 11.6. The van der Waals surface area contributed by atoms with E-state index in [-0.39, 0.29) is 23.6 Å². The molecule has 0 aromatic heterocycles. The number of carbonyl (C=O) groups excluding carboxylic acids is 1. The zero-order valence-electron chi connectivity index (χ0n) is 16.1. The van der Waals surface area contributed by atoms with Gasteiger partial charge in [0.15, 0.2) is 0 Å². The highest BCUT2D eigenvalue weighted by Gasteiger charge is 2.33. The fraction of sp³-hybridized carbons (Fsp3) is 0.632. The number of hydrogen-bond acceptors (Lipinski definition) is 6. The van der Waals surface area contributed by atoms with Gasteiger partial charge in [-0.3, -0.25) is 14.9 Å². The van der Waals surface area contributed by atoms with Crippen molar-refractivity contribution in [3.63, 3.8) is 0 Å². The van der Waals surface area contributed by atoms with Crippen LogP contribution in [0.1, 0.15) is 45.6 Å². The van der Waals surface area contributed by atoms with Crippen molar-refractivity contribution in [1.82, 2.24) is 0 Å². The lowest BCUT2D eigenvalue weighted by molar-refractivity contribution is -0.384. The number of nitrogens with one attached hydrogen (secondary N) is 1. The highest BCUT2D eigenvalue weighted by Crippen LogP contribution is 2.41. The molecule has 1 aromatic rings. The molecule has 1 saturated carbocycles. The van der Waals surface area contributed by atoms with Crippen LogP contribution in [0.25, 0.3) is 0 Å². The Bertz CT molecular complexity index is 687. The molecule has 144 valence electrons. The quantitative estimate of drug-likeness (QED) is 0.467. The molecule has 1 aliphatic carbocycles. The molecule has 7 nitrogen and oxygen atoms in total. The molecule has 0 aliphatic heterocycles. The lowest BCUT2D eigenvalue weighted by Crippen LogP contribution is -2.35. The van der Waals surface area contributed by atoms with Crippen LogP contribution in [-0.4, -0.2) is 31.2 Å². The molecule has 1 fully saturated rings. The van der Waals surface area contributed by atoms with Gasteiger partial charge in [-0.1, -0.05) is 20.8 Å². The maximum absolute atomic E-state index is 11.6. The molecule has 0 unspecified atom stereocenters. The third kappa shape index (κ3) is 4.86. The number of ether oxygens (including phenoxy) is 2. The van der Waals surface area contributed by atoms with Gasteiger partial charge in [-0.05, 0) is 30.6 Å². The Balaban J connectivity index is 2.35. The summed E-state index contributed by atoms with van der Waals surface area (Å²) < 4.78 is 10.0. The van der Waals surface area contributed by atoms with Crippen LogP contribution in [-0.2, 0) is 16.0 Å². The van der Waals surface area contributed by atoms with E-state index in [1.165, 1.54) is 20.3 Å². The van der Waals surface area contributed by atoms with E-state index in [2.05, 4.69) is 30.8 Å². The minimum absolute atomic E-state index is 0.0549. The Morgan fingerprint density at radius 1 is 1.35 bits per heavy atom. The number of nitro groups is 1. The van der Waals surface area contributed by atoms with Gasteiger partial charge < -0.3 is 14.8 Å². The van der Waals surface area contributed by atoms with Crippen molar-refractivity contribution in [2.24, 2.45) is 11.3 Å². The average Bonchev–Trinajstić information content (AvgIpc) is 2.53. The summed E-state index contributed by atoms with van der Waals surface area (Å²) in [5, 5.41) is 14.9. The van der Waals surface area contributed by atoms with Crippen LogP contribution >= 0.6 is 0 Å². The molecule has 0 saturated heterocycles. The van der Waals surface area contributed by atoms with Crippen molar-refractivity contribution in [3.05, 3.63) is 27.8 Å². The summed E-state index contributed by atoms with van der Waals surface area (Å²) in [5.41, 5.74) is 1.00. The Labute approximate surface area is 154 Å². The number of methoxy groups -OCH3 is 2. The van der Waals surface area contributed by atoms with Gasteiger partial charge in [0.1, 0.15) is 11.4 Å². The molecular weight excluding hydrogens is 336 g/mol. The van der Waals surface area contributed by atoms with E-state index in [1.54, 1.807) is 6.07 Å². The first-order chi connectivity index (χ1) is 12.1. The second-order valence-corrected chi connectivity index (χ2v) is 7.95. The minimum Gasteiger partial charge on any atom is -0.496 e. The number of esters is 1. The first-order valence-corrected chi connectivity index (χ1v) is 8.84. The summed E-state index contributed by atoms with van der Waals surface area (Å²) in [6.07, 6.45) is 2.98. The maximum Gasteiger partial charge on any atom is 0.310 e. The van der Waals surface area contributed by atoms with Crippen LogP contribution in [0.4, 0.5) is 11.4 Å². The molecule has 7 heteroatoms. The van der Waals surface area contributed by atoms with Gasteiger partial charge in [-0.2, -0.15) is 0 Å². The van der Waals surface area contributed by atoms with E-state index in [9.17, 15) is 14.9 Å². The molecule has 2 rings (SSSR count). The van der Waals surface area contributed by atoms with Gasteiger partial charge in [0, 0.05) is 23.7 Å². The predicted molar refractivity (Wildman–Crippen MR) is 99.6 cm³/mol. The van der Waals surface area contributed by atoms with Crippen LogP contribution in [0, 0.1) is 21.4 Å². The summed E-state index contributed by atoms with van der Waals surface area (Å²) in [4.78, 5) is 22.7. The number of nitrogens with zero attached hydrogens (tertiary/aromatic N) is 1. The Morgan fingerprint density at radius 3 is 2.58 bits per heavy atom. The minimum atomic E-state index is -0.471. The number of carbonyl (C=O) groups is 1. The van der Waals surface area contributed by atoms with Crippen molar-refractivity contribution in [2.75, 3.05) is 19.5 Å². The topological polar surface area (TPSA) is 90.7 Å². The van der Waals surface area contributed by atoms with Crippen molar-refractivity contribution in [3.8, 4) is 5.75 Å².